The first-order valence-electron chi connectivity index (χ1n) is 8.01. The summed E-state index contributed by atoms with van der Waals surface area (Å²) in [5.74, 6) is 0. The first-order chi connectivity index (χ1) is 9.41. The Hall–Kier alpha value is -0.980. The largest absolute Gasteiger partial charge is 0.516 e. The van der Waals surface area contributed by atoms with E-state index in [0.717, 1.165) is 19.1 Å². The molecule has 110 valence electrons. The summed E-state index contributed by atoms with van der Waals surface area (Å²) in [6.45, 7) is 2.25. The molecule has 0 amide bonds. The molecule has 1 nitrogen and oxygen atoms in total. The summed E-state index contributed by atoms with van der Waals surface area (Å²) in [6.07, 6.45) is 25.8. The Labute approximate surface area is 120 Å². The van der Waals surface area contributed by atoms with Gasteiger partial charge in [0.05, 0.1) is 6.26 Å². The Bertz CT molecular complexity index is 238. The van der Waals surface area contributed by atoms with Crippen LogP contribution in [0.15, 0.2) is 36.6 Å². The number of allylic oxidation sites excluding steroid dienone is 5. The molecule has 0 spiro atoms. The van der Waals surface area contributed by atoms with Crippen molar-refractivity contribution in [3.63, 3.8) is 0 Å². The van der Waals surface area contributed by atoms with Gasteiger partial charge in [-0.2, -0.15) is 0 Å². The Morgan fingerprint density at radius 1 is 0.632 bits per heavy atom. The summed E-state index contributed by atoms with van der Waals surface area (Å²) in [4.78, 5) is 0. The molecule has 0 aromatic carbocycles. The van der Waals surface area contributed by atoms with E-state index in [0.29, 0.717) is 0 Å². The number of aliphatic hydroxyl groups excluding tert-OH is 1. The van der Waals surface area contributed by atoms with E-state index in [1.165, 1.54) is 57.8 Å². The SMILES string of the molecule is CCCCCC=CCC=CCCCCCCC=CO. The summed E-state index contributed by atoms with van der Waals surface area (Å²) in [5, 5.41) is 8.47. The molecule has 0 rings (SSSR count). The van der Waals surface area contributed by atoms with E-state index in [2.05, 4.69) is 31.2 Å². The second-order valence-corrected chi connectivity index (χ2v) is 5.05. The number of hydrogen-bond donors (Lipinski definition) is 1. The van der Waals surface area contributed by atoms with Gasteiger partial charge in [-0.25, -0.2) is 0 Å². The first-order valence-corrected chi connectivity index (χ1v) is 8.01. The summed E-state index contributed by atoms with van der Waals surface area (Å²) in [6, 6.07) is 0. The highest BCUT2D eigenvalue weighted by Crippen LogP contribution is 2.06. The van der Waals surface area contributed by atoms with Gasteiger partial charge in [-0.1, -0.05) is 63.0 Å². The quantitative estimate of drug-likeness (QED) is 0.229. The maximum absolute atomic E-state index is 8.47. The molecule has 0 saturated carbocycles. The van der Waals surface area contributed by atoms with Gasteiger partial charge >= 0.3 is 0 Å². The van der Waals surface area contributed by atoms with Crippen LogP contribution in [-0.4, -0.2) is 5.11 Å². The first kappa shape index (κ1) is 18.0. The van der Waals surface area contributed by atoms with Crippen molar-refractivity contribution in [1.82, 2.24) is 0 Å². The van der Waals surface area contributed by atoms with Crippen molar-refractivity contribution in [2.45, 2.75) is 77.6 Å². The minimum atomic E-state index is 1.01. The maximum atomic E-state index is 8.47. The van der Waals surface area contributed by atoms with Crippen LogP contribution in [0, 0.1) is 0 Å². The topological polar surface area (TPSA) is 20.2 Å². The van der Waals surface area contributed by atoms with Crippen molar-refractivity contribution < 1.29 is 5.11 Å². The zero-order valence-electron chi connectivity index (χ0n) is 12.7. The standard InChI is InChI=1S/C18H32O/c1-2-3-4-5-6-7-8-9-10-11-12-13-14-15-16-17-18-19/h6-7,9-10,17-19H,2-5,8,11-16H2,1H3. The van der Waals surface area contributed by atoms with Gasteiger partial charge in [-0.3, -0.25) is 0 Å². The highest BCUT2D eigenvalue weighted by molar-refractivity contribution is 4.92. The summed E-state index contributed by atoms with van der Waals surface area (Å²) >= 11 is 0. The number of unbranched alkanes of at least 4 members (excludes halogenated alkanes) is 8. The van der Waals surface area contributed by atoms with Crippen LogP contribution in [0.4, 0.5) is 0 Å². The van der Waals surface area contributed by atoms with Crippen LogP contribution in [0.3, 0.4) is 0 Å². The molecule has 0 aliphatic carbocycles. The predicted octanol–water partition coefficient (Wildman–Crippen LogP) is 6.48. The van der Waals surface area contributed by atoms with Gasteiger partial charge in [-0.05, 0) is 44.9 Å². The van der Waals surface area contributed by atoms with Gasteiger partial charge < -0.3 is 5.11 Å². The van der Waals surface area contributed by atoms with E-state index in [1.807, 2.05) is 6.08 Å². The molecule has 0 bridgehead atoms. The van der Waals surface area contributed by atoms with Crippen molar-refractivity contribution >= 4 is 0 Å². The van der Waals surface area contributed by atoms with E-state index in [1.54, 1.807) is 0 Å². The molecule has 19 heavy (non-hydrogen) atoms. The highest BCUT2D eigenvalue weighted by atomic mass is 16.2. The van der Waals surface area contributed by atoms with Crippen LogP contribution < -0.4 is 0 Å². The second kappa shape index (κ2) is 17.0. The van der Waals surface area contributed by atoms with Gasteiger partial charge in [0.25, 0.3) is 0 Å². The minimum absolute atomic E-state index is 1.01. The highest BCUT2D eigenvalue weighted by Gasteiger charge is 1.87. The van der Waals surface area contributed by atoms with Crippen molar-refractivity contribution in [3.05, 3.63) is 36.6 Å². The number of hydrogen-bond acceptors (Lipinski definition) is 1. The van der Waals surface area contributed by atoms with E-state index < -0.39 is 0 Å². The van der Waals surface area contributed by atoms with E-state index in [-0.39, 0.29) is 0 Å². The van der Waals surface area contributed by atoms with Gasteiger partial charge in [0.1, 0.15) is 0 Å². The maximum Gasteiger partial charge on any atom is 0.0751 e. The summed E-state index contributed by atoms with van der Waals surface area (Å²) < 4.78 is 0. The molecule has 0 saturated heterocycles. The third kappa shape index (κ3) is 17.0. The fourth-order valence-corrected chi connectivity index (χ4v) is 1.97. The summed E-state index contributed by atoms with van der Waals surface area (Å²) in [5.41, 5.74) is 0. The molecule has 0 fully saturated rings. The van der Waals surface area contributed by atoms with Crippen LogP contribution in [0.25, 0.3) is 0 Å². The van der Waals surface area contributed by atoms with Crippen molar-refractivity contribution in [2.75, 3.05) is 0 Å². The van der Waals surface area contributed by atoms with E-state index >= 15 is 0 Å². The number of rotatable bonds is 13. The van der Waals surface area contributed by atoms with Crippen molar-refractivity contribution in [2.24, 2.45) is 0 Å². The second-order valence-electron chi connectivity index (χ2n) is 5.05. The van der Waals surface area contributed by atoms with Crippen molar-refractivity contribution in [1.29, 1.82) is 0 Å². The lowest BCUT2D eigenvalue weighted by Crippen LogP contribution is -1.76. The predicted molar refractivity (Wildman–Crippen MR) is 86.5 cm³/mol. The fraction of sp³-hybridized carbons (Fsp3) is 0.667. The van der Waals surface area contributed by atoms with Crippen LogP contribution in [0.2, 0.25) is 0 Å². The molecule has 0 aliphatic rings. The Morgan fingerprint density at radius 3 is 1.68 bits per heavy atom. The number of aliphatic hydroxyl groups is 1. The Balaban J connectivity index is 3.16. The lowest BCUT2D eigenvalue weighted by molar-refractivity contribution is 0.469. The van der Waals surface area contributed by atoms with Crippen LogP contribution in [0.1, 0.15) is 77.6 Å². The van der Waals surface area contributed by atoms with Gasteiger partial charge in [0.2, 0.25) is 0 Å². The molecule has 1 heteroatoms. The van der Waals surface area contributed by atoms with E-state index in [4.69, 9.17) is 5.11 Å². The Morgan fingerprint density at radius 2 is 1.16 bits per heavy atom. The van der Waals surface area contributed by atoms with Crippen molar-refractivity contribution in [3.8, 4) is 0 Å². The molecule has 0 aromatic heterocycles. The van der Waals surface area contributed by atoms with Gasteiger partial charge in [0, 0.05) is 0 Å². The third-order valence-corrected chi connectivity index (χ3v) is 3.18. The molecular formula is C18H32O. The molecular weight excluding hydrogens is 232 g/mol. The lowest BCUT2D eigenvalue weighted by Gasteiger charge is -1.96. The Kier molecular flexibility index (Phi) is 16.1. The zero-order valence-corrected chi connectivity index (χ0v) is 12.7. The molecule has 0 unspecified atom stereocenters. The molecule has 0 aliphatic heterocycles. The fourth-order valence-electron chi connectivity index (χ4n) is 1.97. The molecule has 0 heterocycles. The van der Waals surface area contributed by atoms with Crippen LogP contribution >= 0.6 is 0 Å². The molecule has 0 radical (unpaired) electrons. The third-order valence-electron chi connectivity index (χ3n) is 3.18. The smallest absolute Gasteiger partial charge is 0.0751 e. The minimum Gasteiger partial charge on any atom is -0.516 e. The molecule has 0 aromatic rings. The average molecular weight is 264 g/mol. The molecule has 1 N–H and O–H groups in total. The summed E-state index contributed by atoms with van der Waals surface area (Å²) in [7, 11) is 0. The lowest BCUT2D eigenvalue weighted by atomic mass is 10.1. The van der Waals surface area contributed by atoms with Gasteiger partial charge in [0.15, 0.2) is 0 Å². The molecule has 0 atom stereocenters. The normalized spacial score (nSPS) is 12.3. The van der Waals surface area contributed by atoms with Crippen LogP contribution in [0.5, 0.6) is 0 Å². The van der Waals surface area contributed by atoms with E-state index in [9.17, 15) is 0 Å². The van der Waals surface area contributed by atoms with Gasteiger partial charge in [-0.15, -0.1) is 0 Å². The monoisotopic (exact) mass is 264 g/mol. The van der Waals surface area contributed by atoms with Crippen LogP contribution in [-0.2, 0) is 0 Å². The zero-order chi connectivity index (χ0) is 14.0. The average Bonchev–Trinajstić information content (AvgIpc) is 2.43.